The van der Waals surface area contributed by atoms with Gasteiger partial charge in [0.1, 0.15) is 5.69 Å². The molecular formula is C16H27N3OS. The lowest BCUT2D eigenvalue weighted by Gasteiger charge is -2.35. The van der Waals surface area contributed by atoms with Crippen LogP contribution in [-0.4, -0.2) is 28.0 Å². The van der Waals surface area contributed by atoms with E-state index < -0.39 is 0 Å². The van der Waals surface area contributed by atoms with E-state index in [1.54, 1.807) is 6.07 Å². The lowest BCUT2D eigenvalue weighted by atomic mass is 9.88. The molecule has 0 atom stereocenters. The van der Waals surface area contributed by atoms with Crippen LogP contribution in [0.2, 0.25) is 0 Å². The van der Waals surface area contributed by atoms with Crippen molar-refractivity contribution < 1.29 is 4.79 Å². The molecule has 118 valence electrons. The van der Waals surface area contributed by atoms with Crippen molar-refractivity contribution in [3.8, 4) is 0 Å². The maximum atomic E-state index is 12.5. The number of anilines is 1. The molecule has 4 nitrogen and oxygen atoms in total. The SMILES string of the molecule is CCCn1cc(N)cc1C(=O)NCC1(SC)CCCCC1. The highest BCUT2D eigenvalue weighted by atomic mass is 32.2. The first kappa shape index (κ1) is 16.3. The molecule has 1 amide bonds. The number of aryl methyl sites for hydroxylation is 1. The van der Waals surface area contributed by atoms with Gasteiger partial charge >= 0.3 is 0 Å². The van der Waals surface area contributed by atoms with Gasteiger partial charge in [-0.15, -0.1) is 0 Å². The number of nitrogens with two attached hydrogens (primary N) is 1. The fourth-order valence-electron chi connectivity index (χ4n) is 3.13. The van der Waals surface area contributed by atoms with Gasteiger partial charge in [0.05, 0.1) is 5.69 Å². The van der Waals surface area contributed by atoms with Crippen LogP contribution in [-0.2, 0) is 6.54 Å². The summed E-state index contributed by atoms with van der Waals surface area (Å²) in [6.07, 6.45) is 11.3. The Morgan fingerprint density at radius 2 is 2.14 bits per heavy atom. The number of nitrogens with one attached hydrogen (secondary N) is 1. The van der Waals surface area contributed by atoms with Crippen molar-refractivity contribution in [3.05, 3.63) is 18.0 Å². The number of carbonyl (C=O) groups is 1. The van der Waals surface area contributed by atoms with E-state index in [2.05, 4.69) is 18.5 Å². The van der Waals surface area contributed by atoms with Crippen molar-refractivity contribution in [1.29, 1.82) is 0 Å². The number of hydrogen-bond acceptors (Lipinski definition) is 3. The summed E-state index contributed by atoms with van der Waals surface area (Å²) < 4.78 is 2.18. The number of nitrogen functional groups attached to an aromatic ring is 1. The van der Waals surface area contributed by atoms with E-state index in [1.165, 1.54) is 32.1 Å². The zero-order chi connectivity index (χ0) is 15.3. The first-order valence-corrected chi connectivity index (χ1v) is 9.12. The number of nitrogens with zero attached hydrogens (tertiary/aromatic N) is 1. The Morgan fingerprint density at radius 1 is 1.43 bits per heavy atom. The highest BCUT2D eigenvalue weighted by molar-refractivity contribution is 8.00. The molecule has 0 saturated heterocycles. The van der Waals surface area contributed by atoms with E-state index in [0.29, 0.717) is 11.4 Å². The molecule has 0 aromatic carbocycles. The molecule has 1 fully saturated rings. The highest BCUT2D eigenvalue weighted by Gasteiger charge is 2.31. The van der Waals surface area contributed by atoms with Crippen LogP contribution in [0, 0.1) is 0 Å². The van der Waals surface area contributed by atoms with Crippen LogP contribution >= 0.6 is 11.8 Å². The molecule has 0 spiro atoms. The van der Waals surface area contributed by atoms with Crippen LogP contribution in [0.15, 0.2) is 12.3 Å². The molecule has 1 aliphatic rings. The first-order valence-electron chi connectivity index (χ1n) is 7.89. The van der Waals surface area contributed by atoms with Crippen LogP contribution in [0.5, 0.6) is 0 Å². The van der Waals surface area contributed by atoms with Crippen LogP contribution < -0.4 is 11.1 Å². The topological polar surface area (TPSA) is 60.0 Å². The molecule has 1 aromatic rings. The molecule has 0 bridgehead atoms. The number of amides is 1. The van der Waals surface area contributed by atoms with Gasteiger partial charge in [0, 0.05) is 24.0 Å². The smallest absolute Gasteiger partial charge is 0.268 e. The number of carbonyl (C=O) groups excluding carboxylic acids is 1. The summed E-state index contributed by atoms with van der Waals surface area (Å²) in [6, 6.07) is 1.78. The fraction of sp³-hybridized carbons (Fsp3) is 0.688. The molecule has 1 saturated carbocycles. The normalized spacial score (nSPS) is 17.6. The van der Waals surface area contributed by atoms with Gasteiger partial charge in [-0.1, -0.05) is 26.2 Å². The second-order valence-corrected chi connectivity index (χ2v) is 7.26. The van der Waals surface area contributed by atoms with E-state index in [4.69, 9.17) is 5.73 Å². The minimum absolute atomic E-state index is 0.000788. The van der Waals surface area contributed by atoms with E-state index in [0.717, 1.165) is 19.5 Å². The molecule has 21 heavy (non-hydrogen) atoms. The summed E-state index contributed by atoms with van der Waals surface area (Å²) in [5, 5.41) is 3.14. The third-order valence-electron chi connectivity index (χ3n) is 4.38. The maximum absolute atomic E-state index is 12.5. The van der Waals surface area contributed by atoms with Crippen LogP contribution in [0.25, 0.3) is 0 Å². The minimum Gasteiger partial charge on any atom is -0.397 e. The number of thioether (sulfide) groups is 1. The zero-order valence-corrected chi connectivity index (χ0v) is 14.0. The van der Waals surface area contributed by atoms with Gasteiger partial charge in [-0.05, 0) is 31.6 Å². The minimum atomic E-state index is -0.000788. The molecule has 1 heterocycles. The van der Waals surface area contributed by atoms with Crippen molar-refractivity contribution in [2.75, 3.05) is 18.5 Å². The average Bonchev–Trinajstić information content (AvgIpc) is 2.87. The summed E-state index contributed by atoms with van der Waals surface area (Å²) in [4.78, 5) is 12.5. The highest BCUT2D eigenvalue weighted by Crippen LogP contribution is 2.38. The molecule has 0 unspecified atom stereocenters. The van der Waals surface area contributed by atoms with E-state index in [1.807, 2.05) is 22.5 Å². The van der Waals surface area contributed by atoms with Gasteiger partial charge in [-0.2, -0.15) is 11.8 Å². The summed E-state index contributed by atoms with van der Waals surface area (Å²) in [6.45, 7) is 3.68. The van der Waals surface area contributed by atoms with Crippen molar-refractivity contribution in [2.24, 2.45) is 0 Å². The van der Waals surface area contributed by atoms with Gasteiger partial charge in [0.2, 0.25) is 0 Å². The summed E-state index contributed by atoms with van der Waals surface area (Å²) in [7, 11) is 0. The summed E-state index contributed by atoms with van der Waals surface area (Å²) in [5.74, 6) is -0.000788. The van der Waals surface area contributed by atoms with Crippen molar-refractivity contribution >= 4 is 23.4 Å². The van der Waals surface area contributed by atoms with Gasteiger partial charge < -0.3 is 15.6 Å². The fourth-order valence-corrected chi connectivity index (χ4v) is 4.04. The average molecular weight is 309 g/mol. The Morgan fingerprint density at radius 3 is 2.76 bits per heavy atom. The predicted octanol–water partition coefficient (Wildman–Crippen LogP) is 3.28. The molecule has 1 aromatic heterocycles. The third-order valence-corrected chi connectivity index (χ3v) is 5.80. The Kier molecular flexibility index (Phi) is 5.62. The number of hydrogen-bond donors (Lipinski definition) is 2. The van der Waals surface area contributed by atoms with Crippen LogP contribution in [0.4, 0.5) is 5.69 Å². The molecule has 2 rings (SSSR count). The van der Waals surface area contributed by atoms with Crippen molar-refractivity contribution in [1.82, 2.24) is 9.88 Å². The molecule has 1 aliphatic carbocycles. The third kappa shape index (κ3) is 3.96. The first-order chi connectivity index (χ1) is 10.1. The molecule has 0 radical (unpaired) electrons. The monoisotopic (exact) mass is 309 g/mol. The molecule has 0 aliphatic heterocycles. The quantitative estimate of drug-likeness (QED) is 0.848. The van der Waals surface area contributed by atoms with Gasteiger partial charge in [0.25, 0.3) is 5.91 Å². The Bertz CT molecular complexity index is 478. The second-order valence-electron chi connectivity index (χ2n) is 5.98. The van der Waals surface area contributed by atoms with Crippen molar-refractivity contribution in [3.63, 3.8) is 0 Å². The van der Waals surface area contributed by atoms with Crippen LogP contribution in [0.1, 0.15) is 55.9 Å². The Labute approximate surface area is 131 Å². The Balaban J connectivity index is 2.00. The largest absolute Gasteiger partial charge is 0.397 e. The van der Waals surface area contributed by atoms with Gasteiger partial charge in [-0.25, -0.2) is 0 Å². The van der Waals surface area contributed by atoms with Crippen LogP contribution in [0.3, 0.4) is 0 Å². The summed E-state index contributed by atoms with van der Waals surface area (Å²) >= 11 is 1.90. The van der Waals surface area contributed by atoms with E-state index in [9.17, 15) is 4.79 Å². The van der Waals surface area contributed by atoms with E-state index >= 15 is 0 Å². The molecular weight excluding hydrogens is 282 g/mol. The van der Waals surface area contributed by atoms with Gasteiger partial charge in [-0.3, -0.25) is 4.79 Å². The second kappa shape index (κ2) is 7.25. The lowest BCUT2D eigenvalue weighted by molar-refractivity contribution is 0.0937. The van der Waals surface area contributed by atoms with Crippen molar-refractivity contribution in [2.45, 2.75) is 56.7 Å². The number of aromatic nitrogens is 1. The molecule has 5 heteroatoms. The molecule has 3 N–H and O–H groups in total. The van der Waals surface area contributed by atoms with Gasteiger partial charge in [0.15, 0.2) is 0 Å². The lowest BCUT2D eigenvalue weighted by Crippen LogP contribution is -2.42. The number of rotatable bonds is 6. The standard InChI is InChI=1S/C16H27N3OS/c1-3-9-19-11-13(17)10-14(19)15(20)18-12-16(21-2)7-5-4-6-8-16/h10-11H,3-9,12,17H2,1-2H3,(H,18,20). The maximum Gasteiger partial charge on any atom is 0.268 e. The predicted molar refractivity (Wildman–Crippen MR) is 90.8 cm³/mol. The zero-order valence-electron chi connectivity index (χ0n) is 13.2. The van der Waals surface area contributed by atoms with E-state index in [-0.39, 0.29) is 10.7 Å². The Hall–Kier alpha value is -1.10. The summed E-state index contributed by atoms with van der Waals surface area (Å²) in [5.41, 5.74) is 7.17.